The van der Waals surface area contributed by atoms with Crippen molar-refractivity contribution in [1.82, 2.24) is 10.6 Å². The van der Waals surface area contributed by atoms with Crippen molar-refractivity contribution in [1.29, 1.82) is 0 Å². The lowest BCUT2D eigenvalue weighted by Gasteiger charge is -2.13. The van der Waals surface area contributed by atoms with Gasteiger partial charge in [0.05, 0.1) is 31.3 Å². The molecule has 2 rings (SSSR count). The molecular weight excluding hydrogens is 324 g/mol. The lowest BCUT2D eigenvalue weighted by molar-refractivity contribution is -0.122. The van der Waals surface area contributed by atoms with Crippen LogP contribution >= 0.6 is 0 Å². The number of allylic oxidation sites excluding steroid dienone is 1. The van der Waals surface area contributed by atoms with E-state index in [1.807, 2.05) is 30.3 Å². The molecule has 136 valence electrons. The number of carbonyl (C=O) groups excluding carboxylic acids is 2. The quantitative estimate of drug-likeness (QED) is 0.612. The summed E-state index contributed by atoms with van der Waals surface area (Å²) in [6.07, 6.45) is -0.0882. The van der Waals surface area contributed by atoms with Crippen molar-refractivity contribution in [3.63, 3.8) is 0 Å². The molecule has 1 aromatic carbocycles. The average molecular weight is 348 g/mol. The molecule has 1 aromatic rings. The minimum Gasteiger partial charge on any atom is -0.497 e. The summed E-state index contributed by atoms with van der Waals surface area (Å²) in [5.41, 5.74) is 0.606. The van der Waals surface area contributed by atoms with E-state index in [9.17, 15) is 14.7 Å². The average Bonchev–Trinajstić information content (AvgIpc) is 3.05. The van der Waals surface area contributed by atoms with Crippen molar-refractivity contribution in [3.8, 4) is 5.75 Å². The second kappa shape index (κ2) is 9.68. The molecule has 7 heteroatoms. The monoisotopic (exact) mass is 348 g/mol. The number of benzene rings is 1. The molecule has 1 aliphatic heterocycles. The summed E-state index contributed by atoms with van der Waals surface area (Å²) in [5.74, 6) is 0.873. The lowest BCUT2D eigenvalue weighted by Crippen LogP contribution is -2.40. The molecule has 1 atom stereocenters. The topological polar surface area (TPSA) is 96.9 Å². The van der Waals surface area contributed by atoms with Gasteiger partial charge in [0, 0.05) is 19.5 Å². The van der Waals surface area contributed by atoms with Gasteiger partial charge in [-0.1, -0.05) is 18.2 Å². The van der Waals surface area contributed by atoms with Gasteiger partial charge in [-0.15, -0.1) is 0 Å². The maximum Gasteiger partial charge on any atom is 0.250 e. The summed E-state index contributed by atoms with van der Waals surface area (Å²) in [4.78, 5) is 23.6. The van der Waals surface area contributed by atoms with Crippen molar-refractivity contribution in [2.75, 3.05) is 26.3 Å². The van der Waals surface area contributed by atoms with Crippen LogP contribution in [0.3, 0.4) is 0 Å². The molecule has 1 heterocycles. The Kier molecular flexibility index (Phi) is 7.28. The molecule has 0 saturated heterocycles. The molecule has 1 aliphatic rings. The van der Waals surface area contributed by atoms with Crippen LogP contribution in [0.1, 0.15) is 19.8 Å². The molecule has 0 aromatic heterocycles. The van der Waals surface area contributed by atoms with Gasteiger partial charge in [-0.05, 0) is 19.1 Å². The van der Waals surface area contributed by atoms with Gasteiger partial charge in [0.1, 0.15) is 11.5 Å². The molecular formula is C18H24N2O5. The molecule has 0 fully saturated rings. The van der Waals surface area contributed by atoms with Crippen molar-refractivity contribution in [3.05, 3.63) is 41.7 Å². The highest BCUT2D eigenvalue weighted by molar-refractivity contribution is 5.94. The SMILES string of the molecule is CC1=C(C(=O)NCC(O)CNC(=O)CCOc2ccccc2)CCO1. The number of carbonyl (C=O) groups is 2. The first kappa shape index (κ1) is 18.8. The predicted octanol–water partition coefficient (Wildman–Crippen LogP) is 0.743. The number of rotatable bonds is 9. The van der Waals surface area contributed by atoms with Gasteiger partial charge in [0.25, 0.3) is 5.91 Å². The summed E-state index contributed by atoms with van der Waals surface area (Å²) >= 11 is 0. The molecule has 7 nitrogen and oxygen atoms in total. The van der Waals surface area contributed by atoms with Gasteiger partial charge in [-0.3, -0.25) is 9.59 Å². The first-order chi connectivity index (χ1) is 12.1. The normalized spacial score (nSPS) is 14.6. The largest absolute Gasteiger partial charge is 0.497 e. The van der Waals surface area contributed by atoms with Crippen LogP contribution in [0.15, 0.2) is 41.7 Å². The molecule has 0 spiro atoms. The number of ether oxygens (including phenoxy) is 2. The molecule has 0 radical (unpaired) electrons. The van der Waals surface area contributed by atoms with Gasteiger partial charge in [0.2, 0.25) is 5.91 Å². The smallest absolute Gasteiger partial charge is 0.250 e. The maximum absolute atomic E-state index is 11.9. The number of para-hydroxylation sites is 1. The first-order valence-electron chi connectivity index (χ1n) is 8.29. The number of hydrogen-bond donors (Lipinski definition) is 3. The van der Waals surface area contributed by atoms with Gasteiger partial charge in [0.15, 0.2) is 0 Å². The van der Waals surface area contributed by atoms with E-state index >= 15 is 0 Å². The van der Waals surface area contributed by atoms with Crippen LogP contribution in [0.5, 0.6) is 5.75 Å². The fourth-order valence-corrected chi connectivity index (χ4v) is 2.33. The molecule has 1 unspecified atom stereocenters. The zero-order valence-electron chi connectivity index (χ0n) is 14.3. The summed E-state index contributed by atoms with van der Waals surface area (Å²) in [7, 11) is 0. The minimum atomic E-state index is -0.855. The number of nitrogens with one attached hydrogen (secondary N) is 2. The van der Waals surface area contributed by atoms with Crippen LogP contribution in [-0.2, 0) is 14.3 Å². The zero-order valence-corrected chi connectivity index (χ0v) is 14.3. The molecule has 0 saturated carbocycles. The third-order valence-corrected chi connectivity index (χ3v) is 3.74. The Hall–Kier alpha value is -2.54. The van der Waals surface area contributed by atoms with Crippen LogP contribution in [-0.4, -0.2) is 49.3 Å². The highest BCUT2D eigenvalue weighted by atomic mass is 16.5. The summed E-state index contributed by atoms with van der Waals surface area (Å²) in [6.45, 7) is 2.65. The third kappa shape index (κ3) is 6.46. The van der Waals surface area contributed by atoms with Crippen LogP contribution in [0, 0.1) is 0 Å². The zero-order chi connectivity index (χ0) is 18.1. The number of aliphatic hydroxyl groups is 1. The second-order valence-electron chi connectivity index (χ2n) is 5.71. The Morgan fingerprint density at radius 1 is 1.24 bits per heavy atom. The molecule has 2 amide bonds. The van der Waals surface area contributed by atoms with Crippen molar-refractivity contribution in [2.24, 2.45) is 0 Å². The minimum absolute atomic E-state index is 0.0659. The number of amides is 2. The van der Waals surface area contributed by atoms with Crippen molar-refractivity contribution < 1.29 is 24.2 Å². The van der Waals surface area contributed by atoms with E-state index in [0.29, 0.717) is 30.1 Å². The van der Waals surface area contributed by atoms with Crippen LogP contribution in [0.2, 0.25) is 0 Å². The summed E-state index contributed by atoms with van der Waals surface area (Å²) in [6, 6.07) is 9.23. The summed E-state index contributed by atoms with van der Waals surface area (Å²) in [5, 5.41) is 15.1. The van der Waals surface area contributed by atoms with Crippen molar-refractivity contribution >= 4 is 11.8 Å². The number of aliphatic hydroxyl groups excluding tert-OH is 1. The standard InChI is InChI=1S/C18H24N2O5/c1-13-16(7-9-24-13)18(23)20-12-14(21)11-19-17(22)8-10-25-15-5-3-2-4-6-15/h2-6,14,21H,7-12H2,1H3,(H,19,22)(H,20,23). The fraction of sp³-hybridized carbons (Fsp3) is 0.444. The van der Waals surface area contributed by atoms with E-state index in [2.05, 4.69) is 10.6 Å². The lowest BCUT2D eigenvalue weighted by atomic mass is 10.2. The third-order valence-electron chi connectivity index (χ3n) is 3.74. The molecule has 25 heavy (non-hydrogen) atoms. The number of hydrogen-bond acceptors (Lipinski definition) is 5. The van der Waals surface area contributed by atoms with Gasteiger partial charge in [-0.25, -0.2) is 0 Å². The first-order valence-corrected chi connectivity index (χ1v) is 8.29. The Labute approximate surface area is 147 Å². The van der Waals surface area contributed by atoms with Gasteiger partial charge in [-0.2, -0.15) is 0 Å². The summed E-state index contributed by atoms with van der Waals surface area (Å²) < 4.78 is 10.7. The van der Waals surface area contributed by atoms with Crippen molar-refractivity contribution in [2.45, 2.75) is 25.9 Å². The van der Waals surface area contributed by atoms with Gasteiger partial charge < -0.3 is 25.2 Å². The Balaban J connectivity index is 1.58. The highest BCUT2D eigenvalue weighted by Crippen LogP contribution is 2.18. The predicted molar refractivity (Wildman–Crippen MR) is 91.8 cm³/mol. The van der Waals surface area contributed by atoms with E-state index in [4.69, 9.17) is 9.47 Å². The fourth-order valence-electron chi connectivity index (χ4n) is 2.33. The van der Waals surface area contributed by atoms with Crippen LogP contribution in [0.4, 0.5) is 0 Å². The highest BCUT2D eigenvalue weighted by Gasteiger charge is 2.20. The second-order valence-corrected chi connectivity index (χ2v) is 5.71. The maximum atomic E-state index is 11.9. The van der Waals surface area contributed by atoms with E-state index in [1.54, 1.807) is 6.92 Å². The Morgan fingerprint density at radius 3 is 2.64 bits per heavy atom. The van der Waals surface area contributed by atoms with E-state index in [0.717, 1.165) is 0 Å². The Morgan fingerprint density at radius 2 is 1.96 bits per heavy atom. The van der Waals surface area contributed by atoms with Crippen LogP contribution < -0.4 is 15.4 Å². The molecule has 0 aliphatic carbocycles. The molecule has 0 bridgehead atoms. The van der Waals surface area contributed by atoms with E-state index in [1.165, 1.54) is 0 Å². The Bertz CT molecular complexity index is 615. The van der Waals surface area contributed by atoms with Gasteiger partial charge >= 0.3 is 0 Å². The van der Waals surface area contributed by atoms with E-state index in [-0.39, 0.29) is 37.9 Å². The van der Waals surface area contributed by atoms with E-state index < -0.39 is 6.10 Å². The molecule has 3 N–H and O–H groups in total. The van der Waals surface area contributed by atoms with Crippen LogP contribution in [0.25, 0.3) is 0 Å².